The Balaban J connectivity index is 1.22. The third-order valence-electron chi connectivity index (χ3n) is 6.41. The van der Waals surface area contributed by atoms with Gasteiger partial charge in [-0.15, -0.1) is 13.2 Å². The van der Waals surface area contributed by atoms with E-state index in [9.17, 15) is 22.8 Å². The number of pyridine rings is 1. The molecule has 9 nitrogen and oxygen atoms in total. The summed E-state index contributed by atoms with van der Waals surface area (Å²) in [6, 6.07) is 11.7. The fraction of sp³-hybridized carbons (Fsp3) is 0.346. The highest BCUT2D eigenvalue weighted by atomic mass is 19.4. The molecule has 3 aromatic rings. The summed E-state index contributed by atoms with van der Waals surface area (Å²) in [5.41, 5.74) is 1.25. The first-order valence-electron chi connectivity index (χ1n) is 12.3. The molecule has 2 aliphatic rings. The van der Waals surface area contributed by atoms with E-state index in [4.69, 9.17) is 0 Å². The van der Waals surface area contributed by atoms with Gasteiger partial charge in [0.25, 0.3) is 5.91 Å². The Morgan fingerprint density at radius 2 is 1.68 bits per heavy atom. The number of hydrogen-bond acceptors (Lipinski definition) is 5. The van der Waals surface area contributed by atoms with E-state index in [0.29, 0.717) is 50.0 Å². The summed E-state index contributed by atoms with van der Waals surface area (Å²) in [5, 5.41) is 5.29. The zero-order chi connectivity index (χ0) is 26.7. The van der Waals surface area contributed by atoms with E-state index < -0.39 is 12.4 Å². The maximum absolute atomic E-state index is 13.4. The highest BCUT2D eigenvalue weighted by molar-refractivity contribution is 6.01. The minimum Gasteiger partial charge on any atom is -0.406 e. The molecule has 0 spiro atoms. The van der Waals surface area contributed by atoms with E-state index in [1.165, 1.54) is 12.1 Å². The van der Waals surface area contributed by atoms with Crippen LogP contribution in [0.1, 0.15) is 23.3 Å². The van der Waals surface area contributed by atoms with Gasteiger partial charge in [0.1, 0.15) is 17.3 Å². The van der Waals surface area contributed by atoms with Crippen LogP contribution in [0, 0.1) is 5.92 Å². The highest BCUT2D eigenvalue weighted by Crippen LogP contribution is 2.32. The zero-order valence-corrected chi connectivity index (χ0v) is 20.4. The topological polar surface area (TPSA) is 91.7 Å². The van der Waals surface area contributed by atoms with E-state index in [1.54, 1.807) is 18.5 Å². The number of amides is 3. The number of aromatic nitrogens is 2. The fourth-order valence-electron chi connectivity index (χ4n) is 4.36. The lowest BCUT2D eigenvalue weighted by atomic mass is 10.2. The predicted octanol–water partition coefficient (Wildman–Crippen LogP) is 4.80. The molecule has 0 bridgehead atoms. The molecule has 5 rings (SSSR count). The predicted molar refractivity (Wildman–Crippen MR) is 135 cm³/mol. The summed E-state index contributed by atoms with van der Waals surface area (Å²) in [6.07, 6.45) is 0.911. The molecule has 0 radical (unpaired) electrons. The molecule has 200 valence electrons. The second-order valence-corrected chi connectivity index (χ2v) is 9.33. The second kappa shape index (κ2) is 10.6. The number of alkyl halides is 3. The number of carbonyl (C=O) groups is 2. The number of nitrogens with zero attached hydrogens (tertiary/aromatic N) is 4. The van der Waals surface area contributed by atoms with Crippen molar-refractivity contribution in [2.75, 3.05) is 41.7 Å². The first kappa shape index (κ1) is 25.4. The Morgan fingerprint density at radius 3 is 2.32 bits per heavy atom. The maximum atomic E-state index is 13.4. The number of piperazine rings is 1. The molecule has 1 saturated heterocycles. The van der Waals surface area contributed by atoms with E-state index in [1.807, 2.05) is 27.7 Å². The Hall–Kier alpha value is -4.22. The van der Waals surface area contributed by atoms with Gasteiger partial charge in [0.2, 0.25) is 0 Å². The van der Waals surface area contributed by atoms with Crippen molar-refractivity contribution in [2.24, 2.45) is 5.92 Å². The molecule has 3 amide bonds. The molecule has 3 heterocycles. The van der Waals surface area contributed by atoms with Gasteiger partial charge in [0.05, 0.1) is 5.69 Å². The van der Waals surface area contributed by atoms with E-state index >= 15 is 0 Å². The van der Waals surface area contributed by atoms with E-state index in [2.05, 4.69) is 25.3 Å². The van der Waals surface area contributed by atoms with E-state index in [0.717, 1.165) is 30.8 Å². The summed E-state index contributed by atoms with van der Waals surface area (Å²) < 4.78 is 42.7. The molecule has 1 aliphatic heterocycles. The van der Waals surface area contributed by atoms with Crippen LogP contribution in [0.3, 0.4) is 0 Å². The summed E-state index contributed by atoms with van der Waals surface area (Å²) in [7, 11) is 0. The molecule has 0 atom stereocenters. The normalized spacial score (nSPS) is 15.8. The van der Waals surface area contributed by atoms with Crippen molar-refractivity contribution in [1.29, 1.82) is 0 Å². The molecular formula is C26H27F3N6O3. The van der Waals surface area contributed by atoms with Crippen LogP contribution in [0.4, 0.5) is 35.2 Å². The van der Waals surface area contributed by atoms with Gasteiger partial charge in [-0.2, -0.15) is 0 Å². The van der Waals surface area contributed by atoms with Gasteiger partial charge in [-0.3, -0.25) is 4.79 Å². The van der Waals surface area contributed by atoms with Gasteiger partial charge in [0, 0.05) is 50.8 Å². The van der Waals surface area contributed by atoms with Crippen LogP contribution in [-0.4, -0.2) is 58.9 Å². The van der Waals surface area contributed by atoms with Crippen LogP contribution in [-0.2, 0) is 6.54 Å². The number of carbonyl (C=O) groups excluding carboxylic acids is 2. The van der Waals surface area contributed by atoms with Crippen LogP contribution in [0.5, 0.6) is 5.75 Å². The third kappa shape index (κ3) is 6.55. The first-order chi connectivity index (χ1) is 18.2. The van der Waals surface area contributed by atoms with Gasteiger partial charge in [0.15, 0.2) is 0 Å². The molecule has 2 fully saturated rings. The lowest BCUT2D eigenvalue weighted by Gasteiger charge is -2.35. The number of nitrogens with one attached hydrogen (secondary N) is 2. The molecular weight excluding hydrogens is 501 g/mol. The Bertz CT molecular complexity index is 1270. The Labute approximate surface area is 217 Å². The first-order valence-corrected chi connectivity index (χ1v) is 12.3. The number of halogens is 3. The van der Waals surface area contributed by atoms with Crippen LogP contribution in [0.25, 0.3) is 0 Å². The van der Waals surface area contributed by atoms with Crippen LogP contribution >= 0.6 is 0 Å². The van der Waals surface area contributed by atoms with Crippen molar-refractivity contribution in [1.82, 2.24) is 14.5 Å². The van der Waals surface area contributed by atoms with Crippen molar-refractivity contribution in [2.45, 2.75) is 25.7 Å². The minimum atomic E-state index is -4.79. The average molecular weight is 529 g/mol. The molecule has 1 saturated carbocycles. The monoisotopic (exact) mass is 528 g/mol. The van der Waals surface area contributed by atoms with Crippen molar-refractivity contribution < 1.29 is 27.5 Å². The van der Waals surface area contributed by atoms with Gasteiger partial charge in [-0.05, 0) is 61.2 Å². The summed E-state index contributed by atoms with van der Waals surface area (Å²) in [6.45, 7) is 3.15. The van der Waals surface area contributed by atoms with Gasteiger partial charge in [-0.1, -0.05) is 6.07 Å². The summed E-state index contributed by atoms with van der Waals surface area (Å²) in [4.78, 5) is 34.3. The number of anilines is 3. The number of rotatable bonds is 7. The summed E-state index contributed by atoms with van der Waals surface area (Å²) in [5.74, 6) is 0.912. The Morgan fingerprint density at radius 1 is 0.974 bits per heavy atom. The van der Waals surface area contributed by atoms with E-state index in [-0.39, 0.29) is 17.3 Å². The van der Waals surface area contributed by atoms with Gasteiger partial charge >= 0.3 is 12.4 Å². The molecule has 1 aromatic carbocycles. The van der Waals surface area contributed by atoms with Crippen molar-refractivity contribution in [3.05, 3.63) is 66.6 Å². The average Bonchev–Trinajstić information content (AvgIpc) is 3.63. The molecule has 12 heteroatoms. The zero-order valence-electron chi connectivity index (χ0n) is 20.4. The number of urea groups is 1. The van der Waals surface area contributed by atoms with Crippen molar-refractivity contribution in [3.63, 3.8) is 0 Å². The van der Waals surface area contributed by atoms with Crippen molar-refractivity contribution >= 4 is 29.1 Å². The minimum absolute atomic E-state index is 0.0972. The Kier molecular flexibility index (Phi) is 7.12. The SMILES string of the molecule is O=C(Nc1ccc(OC(F)(F)F)cc1)Nc1cc(C(=O)N2CCN(c3ccccn3)CC2)n(CC2CC2)c1. The number of benzene rings is 1. The lowest BCUT2D eigenvalue weighted by molar-refractivity contribution is -0.274. The molecule has 38 heavy (non-hydrogen) atoms. The highest BCUT2D eigenvalue weighted by Gasteiger charge is 2.31. The van der Waals surface area contributed by atoms with Crippen molar-refractivity contribution in [3.8, 4) is 5.75 Å². The van der Waals surface area contributed by atoms with Gasteiger partial charge in [-0.25, -0.2) is 9.78 Å². The molecule has 0 unspecified atom stereocenters. The maximum Gasteiger partial charge on any atom is 0.573 e. The molecule has 2 aromatic heterocycles. The van der Waals surface area contributed by atoms with Crippen LogP contribution < -0.4 is 20.3 Å². The van der Waals surface area contributed by atoms with Crippen LogP contribution in [0.15, 0.2) is 60.9 Å². The van der Waals surface area contributed by atoms with Crippen LogP contribution in [0.2, 0.25) is 0 Å². The molecule has 1 aliphatic carbocycles. The number of ether oxygens (including phenoxy) is 1. The lowest BCUT2D eigenvalue weighted by Crippen LogP contribution is -2.49. The largest absolute Gasteiger partial charge is 0.573 e. The standard InChI is InChI=1S/C26H27F3N6O3/c27-26(28,29)38-21-8-6-19(7-9-21)31-25(37)32-20-15-22(35(17-20)16-18-4-5-18)24(36)34-13-11-33(12-14-34)23-3-1-2-10-30-23/h1-3,6-10,15,17-18H,4-5,11-14,16H2,(H2,31,32,37). The quantitative estimate of drug-likeness (QED) is 0.460. The fourth-order valence-corrected chi connectivity index (χ4v) is 4.36. The van der Waals surface area contributed by atoms with Gasteiger partial charge < -0.3 is 29.7 Å². The smallest absolute Gasteiger partial charge is 0.406 e. The number of hydrogen-bond donors (Lipinski definition) is 2. The third-order valence-corrected chi connectivity index (χ3v) is 6.41. The summed E-state index contributed by atoms with van der Waals surface area (Å²) >= 11 is 0. The second-order valence-electron chi connectivity index (χ2n) is 9.33. The molecule has 2 N–H and O–H groups in total.